The molecule has 0 unspecified atom stereocenters. The number of carbonyl (C=O) groups excluding carboxylic acids is 1. The highest BCUT2D eigenvalue weighted by atomic mass is 19.1. The lowest BCUT2D eigenvalue weighted by molar-refractivity contribution is 0.0144. The first kappa shape index (κ1) is 15.7. The molecule has 0 spiro atoms. The number of likely N-dealkylation sites (tertiary alicyclic amines) is 1. The minimum atomic E-state index is -0.294. The largest absolute Gasteiger partial charge is 0.378 e. The molecule has 0 saturated carbocycles. The normalized spacial score (nSPS) is 15.8. The number of nitrogens with zero attached hydrogens (tertiary/aromatic N) is 2. The first-order valence-corrected chi connectivity index (χ1v) is 7.89. The number of piperidine rings is 1. The fourth-order valence-corrected chi connectivity index (χ4v) is 2.83. The molecule has 6 heteroatoms. The SMILES string of the molecule is CCOC1CCN(C(=O)c2cc(-c3ccc(F)cc3)n[nH]2)CC1. The van der Waals surface area contributed by atoms with Crippen LogP contribution in [0.25, 0.3) is 11.3 Å². The molecule has 122 valence electrons. The number of amides is 1. The molecule has 2 aromatic rings. The molecule has 0 radical (unpaired) electrons. The van der Waals surface area contributed by atoms with Gasteiger partial charge in [-0.1, -0.05) is 0 Å². The Kier molecular flexibility index (Phi) is 4.71. The number of nitrogens with one attached hydrogen (secondary N) is 1. The lowest BCUT2D eigenvalue weighted by atomic mass is 10.1. The topological polar surface area (TPSA) is 58.2 Å². The molecule has 3 rings (SSSR count). The molecule has 0 atom stereocenters. The molecule has 1 amide bonds. The lowest BCUT2D eigenvalue weighted by Crippen LogP contribution is -2.41. The van der Waals surface area contributed by atoms with Crippen LogP contribution < -0.4 is 0 Å². The van der Waals surface area contributed by atoms with Crippen molar-refractivity contribution < 1.29 is 13.9 Å². The summed E-state index contributed by atoms with van der Waals surface area (Å²) in [4.78, 5) is 14.3. The van der Waals surface area contributed by atoms with Gasteiger partial charge in [-0.3, -0.25) is 9.89 Å². The predicted molar refractivity (Wildman–Crippen MR) is 84.5 cm³/mol. The molecule has 0 bridgehead atoms. The minimum Gasteiger partial charge on any atom is -0.378 e. The Labute approximate surface area is 134 Å². The van der Waals surface area contributed by atoms with Gasteiger partial charge < -0.3 is 9.64 Å². The number of hydrogen-bond acceptors (Lipinski definition) is 3. The molecule has 1 aliphatic heterocycles. The van der Waals surface area contributed by atoms with Crippen molar-refractivity contribution in [2.75, 3.05) is 19.7 Å². The third-order valence-electron chi connectivity index (χ3n) is 4.08. The number of aromatic nitrogens is 2. The number of rotatable bonds is 4. The maximum atomic E-state index is 13.0. The fraction of sp³-hybridized carbons (Fsp3) is 0.412. The van der Waals surface area contributed by atoms with E-state index >= 15 is 0 Å². The lowest BCUT2D eigenvalue weighted by Gasteiger charge is -2.31. The number of carbonyl (C=O) groups is 1. The molecule has 2 heterocycles. The van der Waals surface area contributed by atoms with Gasteiger partial charge >= 0.3 is 0 Å². The Morgan fingerprint density at radius 3 is 2.70 bits per heavy atom. The van der Waals surface area contributed by atoms with Crippen LogP contribution in [0.15, 0.2) is 30.3 Å². The van der Waals surface area contributed by atoms with Crippen molar-refractivity contribution >= 4 is 5.91 Å². The summed E-state index contributed by atoms with van der Waals surface area (Å²) in [5.74, 6) is -0.349. The standard InChI is InChI=1S/C17H20FN3O2/c1-2-23-14-7-9-21(10-8-14)17(22)16-11-15(19-20-16)12-3-5-13(18)6-4-12/h3-6,11,14H,2,7-10H2,1H3,(H,19,20). The van der Waals surface area contributed by atoms with E-state index in [0.717, 1.165) is 18.4 Å². The van der Waals surface area contributed by atoms with E-state index in [1.54, 1.807) is 18.2 Å². The van der Waals surface area contributed by atoms with Crippen molar-refractivity contribution in [1.29, 1.82) is 0 Å². The first-order valence-electron chi connectivity index (χ1n) is 7.89. The van der Waals surface area contributed by atoms with Gasteiger partial charge in [-0.15, -0.1) is 0 Å². The van der Waals surface area contributed by atoms with Crippen LogP contribution in [0.1, 0.15) is 30.3 Å². The molecule has 1 aliphatic rings. The van der Waals surface area contributed by atoms with E-state index in [4.69, 9.17) is 4.74 Å². The highest BCUT2D eigenvalue weighted by Gasteiger charge is 2.25. The van der Waals surface area contributed by atoms with Crippen molar-refractivity contribution in [3.8, 4) is 11.3 Å². The summed E-state index contributed by atoms with van der Waals surface area (Å²) in [5.41, 5.74) is 1.87. The second kappa shape index (κ2) is 6.91. The molecule has 23 heavy (non-hydrogen) atoms. The van der Waals surface area contributed by atoms with Crippen molar-refractivity contribution in [1.82, 2.24) is 15.1 Å². The number of ether oxygens (including phenoxy) is 1. The fourth-order valence-electron chi connectivity index (χ4n) is 2.83. The van der Waals surface area contributed by atoms with Gasteiger partial charge in [-0.05, 0) is 50.1 Å². The summed E-state index contributed by atoms with van der Waals surface area (Å²) in [6.45, 7) is 4.07. The number of benzene rings is 1. The molecule has 5 nitrogen and oxygen atoms in total. The first-order chi connectivity index (χ1) is 11.2. The van der Waals surface area contributed by atoms with Crippen molar-refractivity contribution in [2.24, 2.45) is 0 Å². The molecule has 1 N–H and O–H groups in total. The quantitative estimate of drug-likeness (QED) is 0.943. The Morgan fingerprint density at radius 2 is 2.04 bits per heavy atom. The Bertz CT molecular complexity index is 661. The van der Waals surface area contributed by atoms with Crippen molar-refractivity contribution in [3.05, 3.63) is 41.8 Å². The Hall–Kier alpha value is -2.21. The zero-order valence-electron chi connectivity index (χ0n) is 13.1. The second-order valence-corrected chi connectivity index (χ2v) is 5.62. The minimum absolute atomic E-state index is 0.0548. The van der Waals surface area contributed by atoms with Crippen LogP contribution in [0.2, 0.25) is 0 Å². The predicted octanol–water partition coefficient (Wildman–Crippen LogP) is 2.86. The summed E-state index contributed by atoms with van der Waals surface area (Å²) in [6.07, 6.45) is 1.97. The molecular formula is C17H20FN3O2. The molecule has 1 aromatic carbocycles. The van der Waals surface area contributed by atoms with Crippen molar-refractivity contribution in [2.45, 2.75) is 25.9 Å². The van der Waals surface area contributed by atoms with Gasteiger partial charge in [0.15, 0.2) is 0 Å². The van der Waals surface area contributed by atoms with Gasteiger partial charge in [0.05, 0.1) is 11.8 Å². The maximum absolute atomic E-state index is 13.0. The molecule has 1 aromatic heterocycles. The molecule has 1 fully saturated rings. The van der Waals surface area contributed by atoms with Crippen LogP contribution in [0, 0.1) is 5.82 Å². The average molecular weight is 317 g/mol. The highest BCUT2D eigenvalue weighted by Crippen LogP contribution is 2.20. The summed E-state index contributed by atoms with van der Waals surface area (Å²) in [6, 6.07) is 7.76. The number of H-pyrrole nitrogens is 1. The monoisotopic (exact) mass is 317 g/mol. The zero-order chi connectivity index (χ0) is 16.2. The number of halogens is 1. The van der Waals surface area contributed by atoms with E-state index in [9.17, 15) is 9.18 Å². The smallest absolute Gasteiger partial charge is 0.271 e. The van der Waals surface area contributed by atoms with E-state index in [1.807, 2.05) is 11.8 Å². The van der Waals surface area contributed by atoms with Gasteiger partial charge in [0, 0.05) is 25.3 Å². The van der Waals surface area contributed by atoms with Crippen LogP contribution >= 0.6 is 0 Å². The summed E-state index contributed by atoms with van der Waals surface area (Å²) < 4.78 is 18.6. The average Bonchev–Trinajstić information content (AvgIpc) is 3.06. The van der Waals surface area contributed by atoms with Crippen LogP contribution in [-0.2, 0) is 4.74 Å². The number of hydrogen-bond donors (Lipinski definition) is 1. The number of aromatic amines is 1. The van der Waals surface area contributed by atoms with Crippen LogP contribution in [0.4, 0.5) is 4.39 Å². The van der Waals surface area contributed by atoms with Gasteiger partial charge in [-0.2, -0.15) is 5.10 Å². The molecule has 0 aliphatic carbocycles. The van der Waals surface area contributed by atoms with Crippen LogP contribution in [-0.4, -0.2) is 46.8 Å². The van der Waals surface area contributed by atoms with Gasteiger partial charge in [0.2, 0.25) is 0 Å². The Balaban J connectivity index is 1.66. The van der Waals surface area contributed by atoms with E-state index in [2.05, 4.69) is 10.2 Å². The third-order valence-corrected chi connectivity index (χ3v) is 4.08. The van der Waals surface area contributed by atoms with Crippen LogP contribution in [0.5, 0.6) is 0 Å². The third kappa shape index (κ3) is 3.59. The van der Waals surface area contributed by atoms with Gasteiger partial charge in [-0.25, -0.2) is 4.39 Å². The zero-order valence-corrected chi connectivity index (χ0v) is 13.1. The van der Waals surface area contributed by atoms with Gasteiger partial charge in [0.1, 0.15) is 11.5 Å². The maximum Gasteiger partial charge on any atom is 0.271 e. The Morgan fingerprint density at radius 1 is 1.35 bits per heavy atom. The summed E-state index contributed by atoms with van der Waals surface area (Å²) in [5, 5.41) is 6.94. The highest BCUT2D eigenvalue weighted by molar-refractivity contribution is 5.93. The van der Waals surface area contributed by atoms with E-state index in [-0.39, 0.29) is 17.8 Å². The van der Waals surface area contributed by atoms with E-state index < -0.39 is 0 Å². The second-order valence-electron chi connectivity index (χ2n) is 5.62. The summed E-state index contributed by atoms with van der Waals surface area (Å²) >= 11 is 0. The van der Waals surface area contributed by atoms with Gasteiger partial charge in [0.25, 0.3) is 5.91 Å². The van der Waals surface area contributed by atoms with E-state index in [0.29, 0.717) is 31.1 Å². The van der Waals surface area contributed by atoms with Crippen LogP contribution in [0.3, 0.4) is 0 Å². The van der Waals surface area contributed by atoms with E-state index in [1.165, 1.54) is 12.1 Å². The molecular weight excluding hydrogens is 297 g/mol. The molecule has 1 saturated heterocycles. The van der Waals surface area contributed by atoms with Crippen molar-refractivity contribution in [3.63, 3.8) is 0 Å². The summed E-state index contributed by atoms with van der Waals surface area (Å²) in [7, 11) is 0.